The number of carbonyl (C=O) groups excluding carboxylic acids is 1. The normalized spacial score (nSPS) is 11.2. The Kier molecular flexibility index (Phi) is 4.43. The standard InChI is InChI=1S/C12H8BrF3N2O2S/c13-7-5-6(1-2-9(7)20-12(14,15)16)18-11(19)10-8(17)3-4-21-10/h1-5H,17H2,(H,18,19). The summed E-state index contributed by atoms with van der Waals surface area (Å²) in [7, 11) is 0. The van der Waals surface area contributed by atoms with Crippen molar-refractivity contribution < 1.29 is 22.7 Å². The highest BCUT2D eigenvalue weighted by molar-refractivity contribution is 9.10. The van der Waals surface area contributed by atoms with Crippen LogP contribution in [0.25, 0.3) is 0 Å². The number of nitrogen functional groups attached to an aromatic ring is 1. The van der Waals surface area contributed by atoms with Gasteiger partial charge in [0.05, 0.1) is 10.2 Å². The van der Waals surface area contributed by atoms with Crippen LogP contribution in [-0.2, 0) is 0 Å². The molecule has 1 heterocycles. The summed E-state index contributed by atoms with van der Waals surface area (Å²) < 4.78 is 40.3. The van der Waals surface area contributed by atoms with E-state index in [0.29, 0.717) is 16.3 Å². The van der Waals surface area contributed by atoms with E-state index in [2.05, 4.69) is 26.0 Å². The Hall–Kier alpha value is -1.74. The predicted octanol–water partition coefficient (Wildman–Crippen LogP) is 4.24. The molecule has 9 heteroatoms. The molecule has 0 saturated carbocycles. The quantitative estimate of drug-likeness (QED) is 0.836. The molecule has 0 unspecified atom stereocenters. The zero-order valence-electron chi connectivity index (χ0n) is 10.2. The maximum Gasteiger partial charge on any atom is 0.573 e. The number of carbonyl (C=O) groups is 1. The number of hydrogen-bond acceptors (Lipinski definition) is 4. The number of nitrogens with one attached hydrogen (secondary N) is 1. The Morgan fingerprint density at radius 2 is 2.05 bits per heavy atom. The van der Waals surface area contributed by atoms with Crippen molar-refractivity contribution in [2.75, 3.05) is 11.1 Å². The molecule has 0 atom stereocenters. The van der Waals surface area contributed by atoms with Crippen molar-refractivity contribution in [2.24, 2.45) is 0 Å². The minimum atomic E-state index is -4.78. The van der Waals surface area contributed by atoms with Crippen LogP contribution in [0.1, 0.15) is 9.67 Å². The predicted molar refractivity (Wildman–Crippen MR) is 77.5 cm³/mol. The summed E-state index contributed by atoms with van der Waals surface area (Å²) in [4.78, 5) is 12.2. The zero-order valence-corrected chi connectivity index (χ0v) is 12.6. The Labute approximate surface area is 129 Å². The molecule has 0 spiro atoms. The largest absolute Gasteiger partial charge is 0.573 e. The van der Waals surface area contributed by atoms with E-state index in [1.165, 1.54) is 23.5 Å². The van der Waals surface area contributed by atoms with Crippen molar-refractivity contribution >= 4 is 44.5 Å². The lowest BCUT2D eigenvalue weighted by atomic mass is 10.3. The second kappa shape index (κ2) is 5.94. The van der Waals surface area contributed by atoms with Gasteiger partial charge in [0.2, 0.25) is 0 Å². The van der Waals surface area contributed by atoms with Crippen LogP contribution in [0.4, 0.5) is 24.5 Å². The monoisotopic (exact) mass is 380 g/mol. The van der Waals surface area contributed by atoms with E-state index in [0.717, 1.165) is 6.07 Å². The fraction of sp³-hybridized carbons (Fsp3) is 0.0833. The van der Waals surface area contributed by atoms with Gasteiger partial charge in [-0.2, -0.15) is 0 Å². The summed E-state index contributed by atoms with van der Waals surface area (Å²) in [6.07, 6.45) is -4.78. The first-order valence-electron chi connectivity index (χ1n) is 5.46. The van der Waals surface area contributed by atoms with Crippen LogP contribution in [0.2, 0.25) is 0 Å². The molecule has 0 fully saturated rings. The van der Waals surface area contributed by atoms with Gasteiger partial charge >= 0.3 is 6.36 Å². The van der Waals surface area contributed by atoms with Gasteiger partial charge in [-0.25, -0.2) is 0 Å². The second-order valence-electron chi connectivity index (χ2n) is 3.85. The van der Waals surface area contributed by atoms with Gasteiger partial charge in [0, 0.05) is 5.69 Å². The van der Waals surface area contributed by atoms with Crippen molar-refractivity contribution in [1.29, 1.82) is 0 Å². The van der Waals surface area contributed by atoms with Crippen molar-refractivity contribution in [1.82, 2.24) is 0 Å². The van der Waals surface area contributed by atoms with E-state index in [9.17, 15) is 18.0 Å². The summed E-state index contributed by atoms with van der Waals surface area (Å²) >= 11 is 4.12. The smallest absolute Gasteiger partial charge is 0.405 e. The van der Waals surface area contributed by atoms with E-state index in [4.69, 9.17) is 5.73 Å². The Balaban J connectivity index is 2.14. The molecule has 1 amide bonds. The van der Waals surface area contributed by atoms with E-state index >= 15 is 0 Å². The van der Waals surface area contributed by atoms with Crippen molar-refractivity contribution in [3.63, 3.8) is 0 Å². The van der Waals surface area contributed by atoms with Gasteiger partial charge in [0.1, 0.15) is 10.6 Å². The summed E-state index contributed by atoms with van der Waals surface area (Å²) in [5, 5.41) is 4.21. The molecule has 1 aromatic carbocycles. The highest BCUT2D eigenvalue weighted by Gasteiger charge is 2.32. The molecule has 2 aromatic rings. The highest BCUT2D eigenvalue weighted by Crippen LogP contribution is 2.32. The highest BCUT2D eigenvalue weighted by atomic mass is 79.9. The van der Waals surface area contributed by atoms with E-state index in [1.54, 1.807) is 11.4 Å². The van der Waals surface area contributed by atoms with E-state index in [-0.39, 0.29) is 4.47 Å². The molecule has 3 N–H and O–H groups in total. The number of nitrogens with two attached hydrogens (primary N) is 1. The van der Waals surface area contributed by atoms with Crippen molar-refractivity contribution in [2.45, 2.75) is 6.36 Å². The first-order valence-corrected chi connectivity index (χ1v) is 7.13. The van der Waals surface area contributed by atoms with E-state index < -0.39 is 18.0 Å². The molecule has 0 saturated heterocycles. The van der Waals surface area contributed by atoms with Crippen LogP contribution < -0.4 is 15.8 Å². The Bertz CT molecular complexity index is 673. The Morgan fingerprint density at radius 1 is 1.33 bits per heavy atom. The zero-order chi connectivity index (χ0) is 15.6. The summed E-state index contributed by atoms with van der Waals surface area (Å²) in [5.41, 5.74) is 6.27. The molecule has 21 heavy (non-hydrogen) atoms. The van der Waals surface area contributed by atoms with Crippen LogP contribution in [-0.4, -0.2) is 12.3 Å². The lowest BCUT2D eigenvalue weighted by Gasteiger charge is -2.12. The number of rotatable bonds is 3. The minimum Gasteiger partial charge on any atom is -0.405 e. The first-order chi connectivity index (χ1) is 9.76. The van der Waals surface area contributed by atoms with Crippen LogP contribution >= 0.6 is 27.3 Å². The SMILES string of the molecule is Nc1ccsc1C(=O)Nc1ccc(OC(F)(F)F)c(Br)c1. The van der Waals surface area contributed by atoms with Crippen LogP contribution in [0, 0.1) is 0 Å². The second-order valence-corrected chi connectivity index (χ2v) is 5.62. The van der Waals surface area contributed by atoms with Gasteiger partial charge < -0.3 is 15.8 Å². The topological polar surface area (TPSA) is 64.4 Å². The molecule has 0 aliphatic rings. The molecule has 112 valence electrons. The van der Waals surface area contributed by atoms with Gasteiger partial charge in [0.25, 0.3) is 5.91 Å². The summed E-state index contributed by atoms with van der Waals surface area (Å²) in [5.74, 6) is -0.824. The van der Waals surface area contributed by atoms with Gasteiger partial charge in [0.15, 0.2) is 0 Å². The number of hydrogen-bond donors (Lipinski definition) is 2. The average Bonchev–Trinajstić information content (AvgIpc) is 2.77. The van der Waals surface area contributed by atoms with Crippen LogP contribution in [0.15, 0.2) is 34.1 Å². The number of thiophene rings is 1. The fourth-order valence-electron chi connectivity index (χ4n) is 1.48. The summed E-state index contributed by atoms with van der Waals surface area (Å²) in [6.45, 7) is 0. The van der Waals surface area contributed by atoms with Gasteiger partial charge in [-0.05, 0) is 45.6 Å². The third-order valence-electron chi connectivity index (χ3n) is 2.32. The molecule has 1 aromatic heterocycles. The van der Waals surface area contributed by atoms with Crippen LogP contribution in [0.5, 0.6) is 5.75 Å². The third-order valence-corrected chi connectivity index (χ3v) is 3.87. The van der Waals surface area contributed by atoms with Crippen molar-refractivity contribution in [3.8, 4) is 5.75 Å². The molecule has 4 nitrogen and oxygen atoms in total. The first kappa shape index (κ1) is 15.6. The molecular formula is C12H8BrF3N2O2S. The Morgan fingerprint density at radius 3 is 2.57 bits per heavy atom. The van der Waals surface area contributed by atoms with E-state index in [1.807, 2.05) is 0 Å². The number of halogens is 4. The summed E-state index contributed by atoms with van der Waals surface area (Å²) in [6, 6.07) is 5.30. The molecule has 0 aliphatic heterocycles. The molecule has 0 aliphatic carbocycles. The molecule has 0 radical (unpaired) electrons. The lowest BCUT2D eigenvalue weighted by Crippen LogP contribution is -2.17. The minimum absolute atomic E-state index is 0.0665. The maximum absolute atomic E-state index is 12.1. The number of ether oxygens (including phenoxy) is 1. The lowest BCUT2D eigenvalue weighted by molar-refractivity contribution is -0.274. The maximum atomic E-state index is 12.1. The average molecular weight is 381 g/mol. The number of alkyl halides is 3. The molecule has 0 bridgehead atoms. The fourth-order valence-corrected chi connectivity index (χ4v) is 2.65. The van der Waals surface area contributed by atoms with Gasteiger partial charge in [-0.15, -0.1) is 24.5 Å². The van der Waals surface area contributed by atoms with Crippen molar-refractivity contribution in [3.05, 3.63) is 39.0 Å². The van der Waals surface area contributed by atoms with Gasteiger partial charge in [-0.3, -0.25) is 4.79 Å². The third kappa shape index (κ3) is 4.11. The van der Waals surface area contributed by atoms with Crippen LogP contribution in [0.3, 0.4) is 0 Å². The number of benzene rings is 1. The molecule has 2 rings (SSSR count). The molecular weight excluding hydrogens is 373 g/mol. The number of anilines is 2. The number of amides is 1. The van der Waals surface area contributed by atoms with Gasteiger partial charge in [-0.1, -0.05) is 0 Å².